The van der Waals surface area contributed by atoms with Crippen LogP contribution in [0.1, 0.15) is 19.8 Å². The first-order chi connectivity index (χ1) is 18.2. The highest BCUT2D eigenvalue weighted by Crippen LogP contribution is 2.34. The van der Waals surface area contributed by atoms with E-state index in [0.29, 0.717) is 0 Å². The summed E-state index contributed by atoms with van der Waals surface area (Å²) in [5, 5.41) is 5.50. The molecule has 2 aliphatic rings. The first-order valence-electron chi connectivity index (χ1n) is 13.7. The van der Waals surface area contributed by atoms with Gasteiger partial charge >= 0.3 is 0 Å². The lowest BCUT2D eigenvalue weighted by Gasteiger charge is -2.39. The van der Waals surface area contributed by atoms with Crippen LogP contribution in [-0.4, -0.2) is 81.9 Å². The molecule has 2 aliphatic heterocycles. The van der Waals surface area contributed by atoms with Gasteiger partial charge in [-0.05, 0) is 66.8 Å². The Bertz CT molecular complexity index is 1330. The molecule has 0 amide bonds. The average molecular weight is 496 g/mol. The number of piperidine rings is 1. The zero-order valence-corrected chi connectivity index (χ0v) is 22.1. The van der Waals surface area contributed by atoms with E-state index >= 15 is 0 Å². The molecular weight excluding hydrogens is 458 g/mol. The van der Waals surface area contributed by atoms with Gasteiger partial charge in [-0.1, -0.05) is 13.0 Å². The molecule has 5 heterocycles. The maximum Gasteiger partial charge on any atom is 0.128 e. The third-order valence-corrected chi connectivity index (χ3v) is 8.18. The van der Waals surface area contributed by atoms with Gasteiger partial charge in [0.2, 0.25) is 0 Å². The van der Waals surface area contributed by atoms with E-state index in [0.717, 1.165) is 58.0 Å². The van der Waals surface area contributed by atoms with E-state index in [4.69, 9.17) is 4.98 Å². The predicted molar refractivity (Wildman–Crippen MR) is 151 cm³/mol. The van der Waals surface area contributed by atoms with Crippen LogP contribution in [0.2, 0.25) is 0 Å². The Hall–Kier alpha value is -3.29. The smallest absolute Gasteiger partial charge is 0.128 e. The summed E-state index contributed by atoms with van der Waals surface area (Å²) in [6.07, 6.45) is 10.3. The van der Waals surface area contributed by atoms with Gasteiger partial charge in [0.15, 0.2) is 0 Å². The molecule has 0 unspecified atom stereocenters. The number of piperazine rings is 1. The number of nitrogens with zero attached hydrogens (tertiary/aromatic N) is 7. The van der Waals surface area contributed by atoms with Crippen LogP contribution in [0.5, 0.6) is 0 Å². The van der Waals surface area contributed by atoms with Gasteiger partial charge in [0.05, 0.1) is 11.7 Å². The lowest BCUT2D eigenvalue weighted by molar-refractivity contribution is 0.116. The van der Waals surface area contributed by atoms with Crippen LogP contribution in [-0.2, 0) is 7.05 Å². The monoisotopic (exact) mass is 495 g/mol. The van der Waals surface area contributed by atoms with Crippen LogP contribution in [0.4, 0.5) is 5.82 Å². The van der Waals surface area contributed by atoms with E-state index in [1.54, 1.807) is 0 Å². The molecule has 6 rings (SSSR count). The minimum atomic E-state index is 0.804. The number of pyridine rings is 2. The van der Waals surface area contributed by atoms with Crippen molar-refractivity contribution in [2.45, 2.75) is 19.8 Å². The van der Waals surface area contributed by atoms with E-state index in [-0.39, 0.29) is 0 Å². The first-order valence-corrected chi connectivity index (χ1v) is 13.7. The van der Waals surface area contributed by atoms with Crippen molar-refractivity contribution in [2.75, 3.05) is 57.3 Å². The molecule has 7 nitrogen and oxygen atoms in total. The lowest BCUT2D eigenvalue weighted by Crippen LogP contribution is -2.48. The molecule has 1 aromatic carbocycles. The maximum absolute atomic E-state index is 4.92. The van der Waals surface area contributed by atoms with Crippen molar-refractivity contribution in [1.29, 1.82) is 0 Å². The van der Waals surface area contributed by atoms with Gasteiger partial charge in [-0.2, -0.15) is 5.10 Å². The number of hydrogen-bond donors (Lipinski definition) is 0. The van der Waals surface area contributed by atoms with E-state index in [9.17, 15) is 0 Å². The van der Waals surface area contributed by atoms with Crippen molar-refractivity contribution in [3.8, 4) is 22.3 Å². The molecule has 0 radical (unpaired) electrons. The molecule has 7 heteroatoms. The SMILES string of the molecule is CCN1CCN(CC2CCN(c3ccc(-c4cc(-c5cnn(C)c5)cc5ncccc45)cn3)CC2)CC1. The van der Waals surface area contributed by atoms with Crippen molar-refractivity contribution in [2.24, 2.45) is 13.0 Å². The summed E-state index contributed by atoms with van der Waals surface area (Å²) in [4.78, 5) is 17.3. The fourth-order valence-electron chi connectivity index (χ4n) is 5.89. The first kappa shape index (κ1) is 24.1. The number of anilines is 1. The summed E-state index contributed by atoms with van der Waals surface area (Å²) in [6.45, 7) is 11.8. The Morgan fingerprint density at radius 3 is 2.35 bits per heavy atom. The van der Waals surface area contributed by atoms with Crippen molar-refractivity contribution in [3.63, 3.8) is 0 Å². The molecule has 192 valence electrons. The van der Waals surface area contributed by atoms with Crippen LogP contribution in [0.3, 0.4) is 0 Å². The molecule has 0 spiro atoms. The Labute approximate surface area is 219 Å². The third-order valence-electron chi connectivity index (χ3n) is 8.18. The summed E-state index contributed by atoms with van der Waals surface area (Å²) >= 11 is 0. The van der Waals surface area contributed by atoms with Crippen LogP contribution in [0, 0.1) is 5.92 Å². The number of fused-ring (bicyclic) bond motifs is 1. The highest BCUT2D eigenvalue weighted by Gasteiger charge is 2.24. The Balaban J connectivity index is 1.15. The normalized spacial score (nSPS) is 18.1. The van der Waals surface area contributed by atoms with Crippen LogP contribution >= 0.6 is 0 Å². The Morgan fingerprint density at radius 2 is 1.65 bits per heavy atom. The van der Waals surface area contributed by atoms with Crippen LogP contribution < -0.4 is 4.90 Å². The zero-order chi connectivity index (χ0) is 25.2. The largest absolute Gasteiger partial charge is 0.357 e. The quantitative estimate of drug-likeness (QED) is 0.391. The van der Waals surface area contributed by atoms with Crippen molar-refractivity contribution in [1.82, 2.24) is 29.5 Å². The molecule has 4 aromatic rings. The maximum atomic E-state index is 4.92. The number of aryl methyl sites for hydroxylation is 1. The second kappa shape index (κ2) is 10.6. The lowest BCUT2D eigenvalue weighted by atomic mass is 9.95. The highest BCUT2D eigenvalue weighted by atomic mass is 15.3. The fourth-order valence-corrected chi connectivity index (χ4v) is 5.89. The second-order valence-electron chi connectivity index (χ2n) is 10.6. The fraction of sp³-hybridized carbons (Fsp3) is 0.433. The van der Waals surface area contributed by atoms with Crippen LogP contribution in [0.25, 0.3) is 33.2 Å². The number of hydrogen-bond acceptors (Lipinski definition) is 6. The van der Waals surface area contributed by atoms with E-state index in [2.05, 4.69) is 62.0 Å². The summed E-state index contributed by atoms with van der Waals surface area (Å²) in [5.41, 5.74) is 5.48. The molecule has 0 saturated carbocycles. The molecule has 3 aromatic heterocycles. The van der Waals surface area contributed by atoms with Crippen molar-refractivity contribution >= 4 is 16.7 Å². The van der Waals surface area contributed by atoms with Gasteiger partial charge in [-0.25, -0.2) is 4.98 Å². The molecule has 0 atom stereocenters. The van der Waals surface area contributed by atoms with Gasteiger partial charge in [-0.15, -0.1) is 0 Å². The molecule has 2 fully saturated rings. The van der Waals surface area contributed by atoms with Gasteiger partial charge in [0.1, 0.15) is 5.82 Å². The van der Waals surface area contributed by atoms with E-state index in [1.165, 1.54) is 52.1 Å². The average Bonchev–Trinajstić information content (AvgIpc) is 3.40. The van der Waals surface area contributed by atoms with Gasteiger partial charge < -0.3 is 14.7 Å². The van der Waals surface area contributed by atoms with Crippen molar-refractivity contribution in [3.05, 3.63) is 61.2 Å². The Morgan fingerprint density at radius 1 is 0.838 bits per heavy atom. The summed E-state index contributed by atoms with van der Waals surface area (Å²) in [7, 11) is 1.95. The zero-order valence-electron chi connectivity index (χ0n) is 22.1. The molecule has 0 aliphatic carbocycles. The Kier molecular flexibility index (Phi) is 6.89. The molecule has 0 N–H and O–H groups in total. The summed E-state index contributed by atoms with van der Waals surface area (Å²) in [6, 6.07) is 12.9. The second-order valence-corrected chi connectivity index (χ2v) is 10.6. The third kappa shape index (κ3) is 5.24. The number of rotatable bonds is 6. The topological polar surface area (TPSA) is 53.3 Å². The number of aromatic nitrogens is 4. The minimum absolute atomic E-state index is 0.804. The molecule has 2 saturated heterocycles. The van der Waals surface area contributed by atoms with E-state index < -0.39 is 0 Å². The molecule has 37 heavy (non-hydrogen) atoms. The van der Waals surface area contributed by atoms with Gasteiger partial charge in [0.25, 0.3) is 0 Å². The predicted octanol–water partition coefficient (Wildman–Crippen LogP) is 4.55. The highest BCUT2D eigenvalue weighted by molar-refractivity contribution is 5.98. The van der Waals surface area contributed by atoms with Crippen LogP contribution in [0.15, 0.2) is 61.2 Å². The minimum Gasteiger partial charge on any atom is -0.357 e. The van der Waals surface area contributed by atoms with Gasteiger partial charge in [-0.3, -0.25) is 9.67 Å². The van der Waals surface area contributed by atoms with Crippen molar-refractivity contribution < 1.29 is 0 Å². The summed E-state index contributed by atoms with van der Waals surface area (Å²) in [5.74, 6) is 1.89. The standard InChI is InChI=1S/C30H37N7/c1-3-35-13-15-36(16-14-35)21-23-8-11-37(12-9-23)30-7-6-24(19-32-30)28-17-25(26-20-33-34(2)22-26)18-29-27(28)5-4-10-31-29/h4-7,10,17-20,22-23H,3,8-9,11-16,21H2,1-2H3. The molecular formula is C30H37N7. The van der Waals surface area contributed by atoms with E-state index in [1.807, 2.05) is 42.6 Å². The van der Waals surface area contributed by atoms with Gasteiger partial charge in [0, 0.05) is 88.0 Å². The summed E-state index contributed by atoms with van der Waals surface area (Å²) < 4.78 is 1.84. The molecule has 0 bridgehead atoms. The number of benzene rings is 1. The number of likely N-dealkylation sites (N-methyl/N-ethyl adjacent to an activating group) is 1.